The number of pyridine rings is 2. The van der Waals surface area contributed by atoms with Gasteiger partial charge in [0.2, 0.25) is 0 Å². The van der Waals surface area contributed by atoms with E-state index in [4.69, 9.17) is 0 Å². The highest BCUT2D eigenvalue weighted by atomic mass is 79.9. The van der Waals surface area contributed by atoms with Gasteiger partial charge >= 0.3 is 0 Å². The van der Waals surface area contributed by atoms with Crippen molar-refractivity contribution < 1.29 is 0 Å². The van der Waals surface area contributed by atoms with Crippen LogP contribution in [0.4, 0.5) is 0 Å². The molecule has 2 aromatic rings. The van der Waals surface area contributed by atoms with Crippen LogP contribution in [0.5, 0.6) is 0 Å². The minimum atomic E-state index is 0. The Labute approximate surface area is 124 Å². The molecule has 0 saturated carbocycles. The Balaban J connectivity index is 0.00000112. The molecule has 5 heteroatoms. The molecule has 0 aliphatic heterocycles. The largest absolute Gasteiger partial charge is 0.260 e. The molecular weight excluding hydrogens is 400 g/mol. The van der Waals surface area contributed by atoms with Crippen LogP contribution in [0.3, 0.4) is 0 Å². The van der Waals surface area contributed by atoms with Gasteiger partial charge in [-0.05, 0) is 24.3 Å². The van der Waals surface area contributed by atoms with Gasteiger partial charge in [0, 0.05) is 12.4 Å². The van der Waals surface area contributed by atoms with E-state index >= 15 is 0 Å². The Morgan fingerprint density at radius 3 is 1.56 bits per heavy atom. The monoisotopic (exact) mass is 408 g/mol. The molecule has 0 unspecified atom stereocenters. The molecule has 16 heavy (non-hydrogen) atoms. The highest BCUT2D eigenvalue weighted by Gasteiger charge is 2.11. The van der Waals surface area contributed by atoms with Crippen LogP contribution in [0.2, 0.25) is 0 Å². The second-order valence-corrected chi connectivity index (χ2v) is 3.79. The van der Waals surface area contributed by atoms with Crippen molar-refractivity contribution in [3.05, 3.63) is 60.2 Å². The molecule has 0 fully saturated rings. The third kappa shape index (κ3) is 3.96. The summed E-state index contributed by atoms with van der Waals surface area (Å²) in [6, 6.07) is 11.7. The van der Waals surface area contributed by atoms with Crippen molar-refractivity contribution in [1.82, 2.24) is 9.97 Å². The summed E-state index contributed by atoms with van der Waals surface area (Å²) in [6.45, 7) is 0. The molecule has 0 N–H and O–H groups in total. The Bertz CT molecular complexity index is 355. The smallest absolute Gasteiger partial charge is 0.0988 e. The van der Waals surface area contributed by atoms with Gasteiger partial charge in [-0.15, -0.1) is 34.0 Å². The number of rotatable bonds is 2. The molecule has 0 aliphatic rings. The molecule has 0 amide bonds. The molecule has 0 saturated heterocycles. The van der Waals surface area contributed by atoms with E-state index < -0.39 is 0 Å². The van der Waals surface area contributed by atoms with Gasteiger partial charge in [0.05, 0.1) is 16.2 Å². The van der Waals surface area contributed by atoms with Crippen LogP contribution >= 0.6 is 49.9 Å². The molecule has 2 aromatic heterocycles. The Hall–Kier alpha value is -0.260. The van der Waals surface area contributed by atoms with Crippen LogP contribution in [0, 0.1) is 0 Å². The molecule has 86 valence electrons. The maximum atomic E-state index is 4.27. The quantitative estimate of drug-likeness (QED) is 0.696. The van der Waals surface area contributed by atoms with Crippen molar-refractivity contribution in [2.45, 2.75) is 4.83 Å². The topological polar surface area (TPSA) is 25.8 Å². The van der Waals surface area contributed by atoms with Crippen molar-refractivity contribution in [1.29, 1.82) is 0 Å². The van der Waals surface area contributed by atoms with Gasteiger partial charge < -0.3 is 0 Å². The van der Waals surface area contributed by atoms with Crippen LogP contribution in [0.15, 0.2) is 48.8 Å². The van der Waals surface area contributed by atoms with Crippen LogP contribution < -0.4 is 0 Å². The van der Waals surface area contributed by atoms with Crippen molar-refractivity contribution >= 4 is 49.9 Å². The molecule has 0 radical (unpaired) electrons. The first-order valence-electron chi connectivity index (χ1n) is 4.34. The zero-order chi connectivity index (χ0) is 9.80. The number of aromatic nitrogens is 2. The Kier molecular flexibility index (Phi) is 7.80. The number of hydrogen-bond donors (Lipinski definition) is 0. The number of halogens is 3. The fourth-order valence-corrected chi connectivity index (χ4v) is 1.74. The van der Waals surface area contributed by atoms with E-state index in [0.29, 0.717) is 0 Å². The molecular formula is C11H11Br3N2. The highest BCUT2D eigenvalue weighted by Crippen LogP contribution is 2.26. The molecule has 2 nitrogen and oxygen atoms in total. The summed E-state index contributed by atoms with van der Waals surface area (Å²) >= 11 is 3.57. The summed E-state index contributed by atoms with van der Waals surface area (Å²) in [5, 5.41) is 0. The average Bonchev–Trinajstić information content (AvgIpc) is 2.30. The summed E-state index contributed by atoms with van der Waals surface area (Å²) in [6.07, 6.45) is 3.57. The lowest BCUT2D eigenvalue weighted by molar-refractivity contribution is 1.00. The van der Waals surface area contributed by atoms with Crippen LogP contribution in [0.1, 0.15) is 16.2 Å². The third-order valence-electron chi connectivity index (χ3n) is 1.89. The zero-order valence-electron chi connectivity index (χ0n) is 8.29. The molecule has 0 atom stereocenters. The highest BCUT2D eigenvalue weighted by molar-refractivity contribution is 9.09. The van der Waals surface area contributed by atoms with E-state index in [2.05, 4.69) is 25.9 Å². The predicted molar refractivity (Wildman–Crippen MR) is 79.9 cm³/mol. The average molecular weight is 411 g/mol. The van der Waals surface area contributed by atoms with Crippen molar-refractivity contribution in [3.63, 3.8) is 0 Å². The molecule has 0 spiro atoms. The van der Waals surface area contributed by atoms with Gasteiger partial charge in [-0.1, -0.05) is 28.1 Å². The molecule has 0 aromatic carbocycles. The van der Waals surface area contributed by atoms with E-state index in [1.54, 1.807) is 12.4 Å². The second kappa shape index (κ2) is 7.92. The van der Waals surface area contributed by atoms with Crippen LogP contribution in [-0.4, -0.2) is 9.97 Å². The zero-order valence-corrected chi connectivity index (χ0v) is 13.3. The lowest BCUT2D eigenvalue weighted by atomic mass is 10.2. The molecule has 2 rings (SSSR count). The fourth-order valence-electron chi connectivity index (χ4n) is 1.20. The van der Waals surface area contributed by atoms with Gasteiger partial charge in [0.25, 0.3) is 0 Å². The van der Waals surface area contributed by atoms with Gasteiger partial charge in [-0.25, -0.2) is 0 Å². The molecule has 2 heterocycles. The Morgan fingerprint density at radius 1 is 0.812 bits per heavy atom. The summed E-state index contributed by atoms with van der Waals surface area (Å²) in [4.78, 5) is 8.61. The van der Waals surface area contributed by atoms with Gasteiger partial charge in [0.15, 0.2) is 0 Å². The van der Waals surface area contributed by atoms with E-state index in [9.17, 15) is 0 Å². The number of hydrogen-bond acceptors (Lipinski definition) is 2. The SMILES string of the molecule is Br.Br.BrC(c1ccccn1)c1ccccn1. The summed E-state index contributed by atoms with van der Waals surface area (Å²) in [5.74, 6) is 0. The summed E-state index contributed by atoms with van der Waals surface area (Å²) < 4.78 is 0. The summed E-state index contributed by atoms with van der Waals surface area (Å²) in [5.41, 5.74) is 1.96. The summed E-state index contributed by atoms with van der Waals surface area (Å²) in [7, 11) is 0. The number of nitrogens with zero attached hydrogens (tertiary/aromatic N) is 2. The van der Waals surface area contributed by atoms with Gasteiger partial charge in [-0.2, -0.15) is 0 Å². The third-order valence-corrected chi connectivity index (χ3v) is 2.83. The standard InChI is InChI=1S/C11H9BrN2.2BrH/c12-11(9-5-1-3-7-13-9)10-6-2-4-8-14-10;;/h1-8,11H;2*1H. The Morgan fingerprint density at radius 2 is 1.25 bits per heavy atom. The van der Waals surface area contributed by atoms with Crippen molar-refractivity contribution in [3.8, 4) is 0 Å². The van der Waals surface area contributed by atoms with Crippen LogP contribution in [0.25, 0.3) is 0 Å². The maximum Gasteiger partial charge on any atom is 0.0988 e. The van der Waals surface area contributed by atoms with Crippen molar-refractivity contribution in [2.24, 2.45) is 0 Å². The first-order chi connectivity index (χ1) is 6.88. The minimum absolute atomic E-state index is 0. The minimum Gasteiger partial charge on any atom is -0.260 e. The fraction of sp³-hybridized carbons (Fsp3) is 0.0909. The lowest BCUT2D eigenvalue weighted by Crippen LogP contribution is -1.97. The lowest BCUT2D eigenvalue weighted by Gasteiger charge is -2.07. The van der Waals surface area contributed by atoms with E-state index in [1.165, 1.54) is 0 Å². The van der Waals surface area contributed by atoms with E-state index in [1.807, 2.05) is 36.4 Å². The van der Waals surface area contributed by atoms with E-state index in [-0.39, 0.29) is 38.8 Å². The number of alkyl halides is 1. The predicted octanol–water partition coefficient (Wildman–Crippen LogP) is 4.12. The van der Waals surface area contributed by atoms with E-state index in [0.717, 1.165) is 11.4 Å². The molecule has 0 aliphatic carbocycles. The molecule has 0 bridgehead atoms. The normalized spacial score (nSPS) is 9.12. The van der Waals surface area contributed by atoms with Gasteiger partial charge in [0.1, 0.15) is 0 Å². The van der Waals surface area contributed by atoms with Gasteiger partial charge in [-0.3, -0.25) is 9.97 Å². The van der Waals surface area contributed by atoms with Crippen molar-refractivity contribution in [2.75, 3.05) is 0 Å². The maximum absolute atomic E-state index is 4.27. The second-order valence-electron chi connectivity index (χ2n) is 2.87. The van der Waals surface area contributed by atoms with Crippen LogP contribution in [-0.2, 0) is 0 Å². The first kappa shape index (κ1) is 15.7. The first-order valence-corrected chi connectivity index (χ1v) is 5.25.